The van der Waals surface area contributed by atoms with E-state index in [1.165, 1.54) is 12.1 Å². The van der Waals surface area contributed by atoms with Crippen molar-refractivity contribution < 1.29 is 18.7 Å². The van der Waals surface area contributed by atoms with Crippen LogP contribution in [-0.2, 0) is 17.9 Å². The van der Waals surface area contributed by atoms with Crippen LogP contribution < -0.4 is 4.74 Å². The normalized spacial score (nSPS) is 10.8. The fourth-order valence-electron chi connectivity index (χ4n) is 2.86. The number of rotatable bonds is 6. The number of carbonyl (C=O) groups is 1. The molecule has 130 valence electrons. The molecular formula is C19H19FN2O3. The highest BCUT2D eigenvalue weighted by Gasteiger charge is 2.23. The first-order chi connectivity index (χ1) is 12.2. The third-order valence-corrected chi connectivity index (χ3v) is 3.95. The molecule has 0 radical (unpaired) electrons. The monoisotopic (exact) mass is 342 g/mol. The minimum absolute atomic E-state index is 0.162. The molecule has 2 aromatic heterocycles. The van der Waals surface area contributed by atoms with Crippen molar-refractivity contribution in [2.75, 3.05) is 6.61 Å². The molecule has 6 heteroatoms. The van der Waals surface area contributed by atoms with Gasteiger partial charge in [-0.05, 0) is 44.2 Å². The summed E-state index contributed by atoms with van der Waals surface area (Å²) in [7, 11) is 0. The van der Waals surface area contributed by atoms with Gasteiger partial charge in [0.15, 0.2) is 0 Å². The summed E-state index contributed by atoms with van der Waals surface area (Å²) in [4.78, 5) is 16.7. The van der Waals surface area contributed by atoms with Gasteiger partial charge < -0.3 is 14.0 Å². The molecule has 3 aromatic rings. The molecule has 0 saturated heterocycles. The Kier molecular flexibility index (Phi) is 4.97. The van der Waals surface area contributed by atoms with Crippen LogP contribution >= 0.6 is 0 Å². The van der Waals surface area contributed by atoms with Crippen LogP contribution in [0.15, 0.2) is 42.7 Å². The third-order valence-electron chi connectivity index (χ3n) is 3.95. The lowest BCUT2D eigenvalue weighted by Gasteiger charge is -2.10. The average Bonchev–Trinajstić information content (AvgIpc) is 2.95. The maximum absolute atomic E-state index is 13.0. The smallest absolute Gasteiger partial charge is 0.355 e. The van der Waals surface area contributed by atoms with Crippen molar-refractivity contribution in [3.05, 3.63) is 59.8 Å². The summed E-state index contributed by atoms with van der Waals surface area (Å²) in [5.74, 6) is -0.192. The highest BCUT2D eigenvalue weighted by Crippen LogP contribution is 2.28. The molecule has 0 aliphatic rings. The average molecular weight is 342 g/mol. The van der Waals surface area contributed by atoms with Crippen molar-refractivity contribution >= 4 is 16.9 Å². The SMILES string of the molecule is CCOC(=O)c1c(COc2ccc(F)cc2)c2cnccc2n1CC. The molecule has 2 heterocycles. The number of benzene rings is 1. The zero-order valence-corrected chi connectivity index (χ0v) is 14.2. The van der Waals surface area contributed by atoms with Crippen LogP contribution in [0, 0.1) is 5.82 Å². The Balaban J connectivity index is 2.03. The van der Waals surface area contributed by atoms with E-state index in [0.717, 1.165) is 10.9 Å². The Morgan fingerprint density at radius 1 is 1.20 bits per heavy atom. The number of nitrogens with zero attached hydrogens (tertiary/aromatic N) is 2. The quantitative estimate of drug-likeness (QED) is 0.637. The zero-order valence-electron chi connectivity index (χ0n) is 14.2. The number of carbonyl (C=O) groups excluding carboxylic acids is 1. The van der Waals surface area contributed by atoms with Gasteiger partial charge in [0.1, 0.15) is 23.9 Å². The van der Waals surface area contributed by atoms with Crippen molar-refractivity contribution in [1.82, 2.24) is 9.55 Å². The third kappa shape index (κ3) is 3.33. The number of esters is 1. The molecule has 0 aliphatic carbocycles. The van der Waals surface area contributed by atoms with E-state index in [-0.39, 0.29) is 12.4 Å². The van der Waals surface area contributed by atoms with Crippen LogP contribution in [0.5, 0.6) is 5.75 Å². The molecule has 25 heavy (non-hydrogen) atoms. The number of fused-ring (bicyclic) bond motifs is 1. The molecule has 0 bridgehead atoms. The Hall–Kier alpha value is -2.89. The van der Waals surface area contributed by atoms with Gasteiger partial charge in [-0.1, -0.05) is 0 Å². The molecule has 0 unspecified atom stereocenters. The van der Waals surface area contributed by atoms with E-state index in [4.69, 9.17) is 9.47 Å². The Morgan fingerprint density at radius 2 is 1.96 bits per heavy atom. The van der Waals surface area contributed by atoms with Gasteiger partial charge in [0, 0.05) is 29.9 Å². The Labute approximate surface area is 145 Å². The van der Waals surface area contributed by atoms with Crippen molar-refractivity contribution in [1.29, 1.82) is 0 Å². The molecule has 0 atom stereocenters. The number of aromatic nitrogens is 2. The predicted molar refractivity (Wildman–Crippen MR) is 92.1 cm³/mol. The Morgan fingerprint density at radius 3 is 2.64 bits per heavy atom. The van der Waals surface area contributed by atoms with E-state index >= 15 is 0 Å². The minimum atomic E-state index is -0.391. The first-order valence-corrected chi connectivity index (χ1v) is 8.16. The fraction of sp³-hybridized carbons (Fsp3) is 0.263. The summed E-state index contributed by atoms with van der Waals surface area (Å²) < 4.78 is 25.9. The van der Waals surface area contributed by atoms with Gasteiger partial charge in [0.2, 0.25) is 0 Å². The van der Waals surface area contributed by atoms with Crippen molar-refractivity contribution in [3.63, 3.8) is 0 Å². The highest BCUT2D eigenvalue weighted by molar-refractivity contribution is 5.98. The number of pyridine rings is 1. The first-order valence-electron chi connectivity index (χ1n) is 8.16. The molecule has 0 N–H and O–H groups in total. The summed E-state index contributed by atoms with van der Waals surface area (Å²) in [5, 5.41) is 0.842. The van der Waals surface area contributed by atoms with Gasteiger partial charge in [0.05, 0.1) is 12.1 Å². The highest BCUT2D eigenvalue weighted by atomic mass is 19.1. The Bertz CT molecular complexity index is 888. The number of aryl methyl sites for hydroxylation is 1. The van der Waals surface area contributed by atoms with Crippen LogP contribution in [0.1, 0.15) is 29.9 Å². The van der Waals surface area contributed by atoms with E-state index < -0.39 is 5.97 Å². The van der Waals surface area contributed by atoms with Crippen molar-refractivity contribution in [2.24, 2.45) is 0 Å². The van der Waals surface area contributed by atoms with Crippen LogP contribution in [0.3, 0.4) is 0 Å². The maximum atomic E-state index is 13.0. The molecule has 0 saturated carbocycles. The lowest BCUT2D eigenvalue weighted by atomic mass is 10.2. The van der Waals surface area contributed by atoms with E-state index in [2.05, 4.69) is 4.98 Å². The summed E-state index contributed by atoms with van der Waals surface area (Å²) in [5.41, 5.74) is 2.08. The maximum Gasteiger partial charge on any atom is 0.355 e. The molecule has 0 amide bonds. The summed E-state index contributed by atoms with van der Waals surface area (Å²) >= 11 is 0. The van der Waals surface area contributed by atoms with Gasteiger partial charge in [-0.15, -0.1) is 0 Å². The van der Waals surface area contributed by atoms with E-state index in [9.17, 15) is 9.18 Å². The molecule has 0 spiro atoms. The number of halogens is 1. The van der Waals surface area contributed by atoms with Gasteiger partial charge in [-0.3, -0.25) is 4.98 Å². The zero-order chi connectivity index (χ0) is 17.8. The molecule has 5 nitrogen and oxygen atoms in total. The van der Waals surface area contributed by atoms with Gasteiger partial charge >= 0.3 is 5.97 Å². The lowest BCUT2D eigenvalue weighted by Crippen LogP contribution is -2.14. The topological polar surface area (TPSA) is 53.4 Å². The van der Waals surface area contributed by atoms with E-state index in [1.54, 1.807) is 31.5 Å². The second-order valence-corrected chi connectivity index (χ2v) is 5.43. The predicted octanol–water partition coefficient (Wildman–Crippen LogP) is 3.95. The van der Waals surface area contributed by atoms with Crippen LogP contribution in [0.2, 0.25) is 0 Å². The van der Waals surface area contributed by atoms with Gasteiger partial charge in [-0.25, -0.2) is 9.18 Å². The number of hydrogen-bond acceptors (Lipinski definition) is 4. The minimum Gasteiger partial charge on any atom is -0.489 e. The summed E-state index contributed by atoms with van der Waals surface area (Å²) in [6, 6.07) is 7.63. The number of hydrogen-bond donors (Lipinski definition) is 0. The molecular weight excluding hydrogens is 323 g/mol. The number of ether oxygens (including phenoxy) is 2. The van der Waals surface area contributed by atoms with Crippen LogP contribution in [0.25, 0.3) is 10.9 Å². The lowest BCUT2D eigenvalue weighted by molar-refractivity contribution is 0.0511. The molecule has 3 rings (SSSR count). The second-order valence-electron chi connectivity index (χ2n) is 5.43. The summed E-state index contributed by atoms with van der Waals surface area (Å²) in [6.45, 7) is 4.81. The largest absolute Gasteiger partial charge is 0.489 e. The first kappa shape index (κ1) is 17.0. The van der Waals surface area contributed by atoms with Crippen LogP contribution in [0.4, 0.5) is 4.39 Å². The van der Waals surface area contributed by atoms with Crippen molar-refractivity contribution in [2.45, 2.75) is 27.0 Å². The molecule has 0 fully saturated rings. The van der Waals surface area contributed by atoms with Crippen LogP contribution in [-0.4, -0.2) is 22.1 Å². The van der Waals surface area contributed by atoms with Gasteiger partial charge in [0.25, 0.3) is 0 Å². The van der Waals surface area contributed by atoms with E-state index in [1.807, 2.05) is 17.6 Å². The molecule has 0 aliphatic heterocycles. The fourth-order valence-corrected chi connectivity index (χ4v) is 2.86. The summed E-state index contributed by atoms with van der Waals surface area (Å²) in [6.07, 6.45) is 3.40. The second kappa shape index (κ2) is 7.34. The molecule has 1 aromatic carbocycles. The van der Waals surface area contributed by atoms with Crippen molar-refractivity contribution in [3.8, 4) is 5.75 Å². The van der Waals surface area contributed by atoms with E-state index in [0.29, 0.717) is 30.2 Å². The van der Waals surface area contributed by atoms with Gasteiger partial charge in [-0.2, -0.15) is 0 Å². The standard InChI is InChI=1S/C19H19FN2O3/c1-3-22-17-9-10-21-11-15(17)16(18(22)19(23)24-4-2)12-25-14-7-5-13(20)6-8-14/h5-11H,3-4,12H2,1-2H3.